The largest absolute Gasteiger partial charge is 0.455 e. The van der Waals surface area contributed by atoms with Crippen molar-refractivity contribution in [2.24, 2.45) is 0 Å². The van der Waals surface area contributed by atoms with Crippen LogP contribution in [0.2, 0.25) is 0 Å². The molecule has 1 unspecified atom stereocenters. The van der Waals surface area contributed by atoms with Gasteiger partial charge in [-0.25, -0.2) is 4.79 Å². The SMILES string of the molecule is CCCCCC(=O)Nc1ccc(C(=O)COC(=O)C23CCC(=O)N2c2ccccc2S3)cc1. The first-order valence-electron chi connectivity index (χ1n) is 11.2. The maximum Gasteiger partial charge on any atom is 0.343 e. The van der Waals surface area contributed by atoms with E-state index in [1.54, 1.807) is 24.3 Å². The molecule has 2 aromatic rings. The molecule has 0 aliphatic carbocycles. The fraction of sp³-hybridized carbons (Fsp3) is 0.360. The summed E-state index contributed by atoms with van der Waals surface area (Å²) in [4.78, 5) is 51.3. The smallest absolute Gasteiger partial charge is 0.343 e. The van der Waals surface area contributed by atoms with Gasteiger partial charge in [0.05, 0.1) is 5.69 Å². The summed E-state index contributed by atoms with van der Waals surface area (Å²) in [7, 11) is 0. The maximum absolute atomic E-state index is 13.0. The number of hydrogen-bond donors (Lipinski definition) is 1. The summed E-state index contributed by atoms with van der Waals surface area (Å²) >= 11 is 1.31. The van der Waals surface area contributed by atoms with Crippen LogP contribution in [0.5, 0.6) is 0 Å². The Morgan fingerprint density at radius 2 is 1.85 bits per heavy atom. The lowest BCUT2D eigenvalue weighted by molar-refractivity contribution is -0.145. The number of nitrogens with zero attached hydrogens (tertiary/aromatic N) is 1. The Labute approximate surface area is 196 Å². The van der Waals surface area contributed by atoms with Crippen molar-refractivity contribution in [3.63, 3.8) is 0 Å². The number of rotatable bonds is 9. The second-order valence-electron chi connectivity index (χ2n) is 8.17. The molecule has 7 nitrogen and oxygen atoms in total. The van der Waals surface area contributed by atoms with E-state index >= 15 is 0 Å². The van der Waals surface area contributed by atoms with Crippen molar-refractivity contribution in [1.82, 2.24) is 0 Å². The van der Waals surface area contributed by atoms with Gasteiger partial charge in [0.15, 0.2) is 17.3 Å². The molecule has 2 heterocycles. The van der Waals surface area contributed by atoms with E-state index in [1.807, 2.05) is 24.3 Å². The molecule has 0 bridgehead atoms. The van der Waals surface area contributed by atoms with E-state index in [-0.39, 0.29) is 24.0 Å². The number of para-hydroxylation sites is 1. The fourth-order valence-electron chi connectivity index (χ4n) is 4.10. The number of thioether (sulfide) groups is 1. The molecule has 8 heteroatoms. The highest BCUT2D eigenvalue weighted by atomic mass is 32.2. The second-order valence-corrected chi connectivity index (χ2v) is 9.48. The highest BCUT2D eigenvalue weighted by Gasteiger charge is 2.58. The number of ether oxygens (including phenoxy) is 1. The van der Waals surface area contributed by atoms with Crippen LogP contribution in [0.15, 0.2) is 53.4 Å². The maximum atomic E-state index is 13.0. The standard InChI is InChI=1S/C25H26N2O5S/c1-2-3-4-9-22(29)26-18-12-10-17(11-13-18)20(28)16-32-24(31)25-15-14-23(30)27(25)19-7-5-6-8-21(19)33-25/h5-8,10-13H,2-4,9,14-16H2,1H3,(H,26,29). The molecule has 2 aliphatic rings. The fourth-order valence-corrected chi connectivity index (χ4v) is 5.51. The minimum Gasteiger partial charge on any atom is -0.455 e. The van der Waals surface area contributed by atoms with Crippen LogP contribution in [0, 0.1) is 0 Å². The third-order valence-electron chi connectivity index (χ3n) is 5.82. The highest BCUT2D eigenvalue weighted by Crippen LogP contribution is 2.56. The number of unbranched alkanes of at least 4 members (excludes halogenated alkanes) is 2. The predicted molar refractivity (Wildman–Crippen MR) is 126 cm³/mol. The van der Waals surface area contributed by atoms with Crippen LogP contribution in [0.1, 0.15) is 55.8 Å². The second kappa shape index (κ2) is 9.79. The minimum absolute atomic E-state index is 0.0542. The number of carbonyl (C=O) groups is 4. The third kappa shape index (κ3) is 4.66. The Morgan fingerprint density at radius 3 is 2.61 bits per heavy atom. The molecule has 2 amide bonds. The Bertz CT molecular complexity index is 1080. The van der Waals surface area contributed by atoms with Gasteiger partial charge in [-0.05, 0) is 42.8 Å². The van der Waals surface area contributed by atoms with Gasteiger partial charge in [0.2, 0.25) is 11.8 Å². The zero-order valence-corrected chi connectivity index (χ0v) is 19.3. The normalized spacial score (nSPS) is 18.6. The van der Waals surface area contributed by atoms with Crippen molar-refractivity contribution in [2.45, 2.75) is 55.2 Å². The number of benzene rings is 2. The summed E-state index contributed by atoms with van der Waals surface area (Å²) in [5, 5.41) is 2.82. The Morgan fingerprint density at radius 1 is 1.09 bits per heavy atom. The molecule has 0 aromatic heterocycles. The van der Waals surface area contributed by atoms with Crippen LogP contribution in [0.25, 0.3) is 0 Å². The van der Waals surface area contributed by atoms with E-state index in [9.17, 15) is 19.2 Å². The van der Waals surface area contributed by atoms with Crippen LogP contribution in [-0.4, -0.2) is 35.0 Å². The van der Waals surface area contributed by atoms with Crippen LogP contribution < -0.4 is 10.2 Å². The summed E-state index contributed by atoms with van der Waals surface area (Å²) in [6.07, 6.45) is 3.97. The third-order valence-corrected chi connectivity index (χ3v) is 7.28. The van der Waals surface area contributed by atoms with Gasteiger partial charge in [-0.1, -0.05) is 43.7 Å². The molecule has 2 aliphatic heterocycles. The van der Waals surface area contributed by atoms with E-state index in [2.05, 4.69) is 12.2 Å². The van der Waals surface area contributed by atoms with E-state index in [4.69, 9.17) is 4.74 Å². The van der Waals surface area contributed by atoms with Crippen molar-refractivity contribution in [3.8, 4) is 0 Å². The van der Waals surface area contributed by atoms with Crippen LogP contribution in [0.3, 0.4) is 0 Å². The molecular formula is C25H26N2O5S. The first-order chi connectivity index (χ1) is 15.9. The van der Waals surface area contributed by atoms with Crippen molar-refractivity contribution >= 4 is 46.7 Å². The minimum atomic E-state index is -1.15. The molecule has 4 rings (SSSR count). The van der Waals surface area contributed by atoms with Crippen LogP contribution >= 0.6 is 11.8 Å². The summed E-state index contributed by atoms with van der Waals surface area (Å²) in [5.41, 5.74) is 1.70. The summed E-state index contributed by atoms with van der Waals surface area (Å²) < 4.78 is 5.40. The average molecular weight is 467 g/mol. The van der Waals surface area contributed by atoms with E-state index < -0.39 is 17.4 Å². The van der Waals surface area contributed by atoms with Gasteiger partial charge in [0.25, 0.3) is 0 Å². The lowest BCUT2D eigenvalue weighted by Crippen LogP contribution is -2.48. The monoisotopic (exact) mass is 466 g/mol. The molecule has 0 spiro atoms. The number of esters is 1. The number of anilines is 2. The van der Waals surface area contributed by atoms with Gasteiger partial charge in [-0.2, -0.15) is 0 Å². The molecule has 1 N–H and O–H groups in total. The topological polar surface area (TPSA) is 92.8 Å². The Kier molecular flexibility index (Phi) is 6.83. The van der Waals surface area contributed by atoms with E-state index in [0.29, 0.717) is 29.8 Å². The zero-order valence-electron chi connectivity index (χ0n) is 18.5. The van der Waals surface area contributed by atoms with Crippen molar-refractivity contribution in [3.05, 3.63) is 54.1 Å². The highest BCUT2D eigenvalue weighted by molar-refractivity contribution is 8.02. The summed E-state index contributed by atoms with van der Waals surface area (Å²) in [5.74, 6) is -1.11. The van der Waals surface area contributed by atoms with E-state index in [1.165, 1.54) is 16.7 Å². The summed E-state index contributed by atoms with van der Waals surface area (Å²) in [6.45, 7) is 1.67. The van der Waals surface area contributed by atoms with Gasteiger partial charge in [0, 0.05) is 35.4 Å². The molecule has 33 heavy (non-hydrogen) atoms. The molecule has 1 atom stereocenters. The molecule has 0 radical (unpaired) electrons. The van der Waals surface area contributed by atoms with Crippen LogP contribution in [-0.2, 0) is 19.1 Å². The molecular weight excluding hydrogens is 440 g/mol. The van der Waals surface area contributed by atoms with Crippen molar-refractivity contribution < 1.29 is 23.9 Å². The number of Topliss-reactive ketones (excluding diaryl/α,β-unsaturated/α-hetero) is 1. The number of nitrogens with one attached hydrogen (secondary N) is 1. The first-order valence-corrected chi connectivity index (χ1v) is 12.0. The van der Waals surface area contributed by atoms with Gasteiger partial charge in [0.1, 0.15) is 0 Å². The molecule has 0 saturated carbocycles. The zero-order chi connectivity index (χ0) is 23.4. The van der Waals surface area contributed by atoms with Gasteiger partial charge >= 0.3 is 5.97 Å². The Hall–Kier alpha value is -3.13. The van der Waals surface area contributed by atoms with Gasteiger partial charge < -0.3 is 10.1 Å². The Balaban J connectivity index is 1.35. The molecule has 1 fully saturated rings. The summed E-state index contributed by atoms with van der Waals surface area (Å²) in [6, 6.07) is 13.9. The van der Waals surface area contributed by atoms with Crippen molar-refractivity contribution in [2.75, 3.05) is 16.8 Å². The molecule has 1 saturated heterocycles. The lowest BCUT2D eigenvalue weighted by atomic mass is 10.1. The lowest BCUT2D eigenvalue weighted by Gasteiger charge is -2.28. The average Bonchev–Trinajstić information content (AvgIpc) is 3.33. The van der Waals surface area contributed by atoms with Gasteiger partial charge in [-0.15, -0.1) is 0 Å². The van der Waals surface area contributed by atoms with Crippen molar-refractivity contribution in [1.29, 1.82) is 0 Å². The number of ketones is 1. The quantitative estimate of drug-likeness (QED) is 0.331. The van der Waals surface area contributed by atoms with E-state index in [0.717, 1.165) is 24.2 Å². The number of hydrogen-bond acceptors (Lipinski definition) is 6. The number of fused-ring (bicyclic) bond motifs is 3. The molecule has 172 valence electrons. The number of amides is 2. The van der Waals surface area contributed by atoms with Gasteiger partial charge in [-0.3, -0.25) is 19.3 Å². The predicted octanol–water partition coefficient (Wildman–Crippen LogP) is 4.56. The number of carbonyl (C=O) groups excluding carboxylic acids is 4. The van der Waals surface area contributed by atoms with Crippen LogP contribution in [0.4, 0.5) is 11.4 Å². The molecule has 2 aromatic carbocycles. The first kappa shape index (κ1) is 23.0.